The minimum atomic E-state index is 0.138. The van der Waals surface area contributed by atoms with E-state index in [1.165, 1.54) is 18.4 Å². The molecule has 0 amide bonds. The molecule has 1 aromatic heterocycles. The Kier molecular flexibility index (Phi) is 2.77. The molecule has 0 saturated carbocycles. The maximum Gasteiger partial charge on any atom is 0.0484 e. The molecule has 1 heterocycles. The fourth-order valence-electron chi connectivity index (χ4n) is 2.82. The fourth-order valence-corrected chi connectivity index (χ4v) is 3.86. The van der Waals surface area contributed by atoms with Gasteiger partial charge < -0.3 is 5.32 Å². The summed E-state index contributed by atoms with van der Waals surface area (Å²) in [6.45, 7) is 0. The van der Waals surface area contributed by atoms with Crippen molar-refractivity contribution in [3.05, 3.63) is 57.8 Å². The molecule has 1 aliphatic carbocycles. The molecule has 1 N–H and O–H groups in total. The molecule has 1 atom stereocenters. The average Bonchev–Trinajstić information content (AvgIpc) is 2.86. The predicted octanol–water partition coefficient (Wildman–Crippen LogP) is 3.35. The number of rotatable bonds is 2. The third-order valence-corrected chi connectivity index (χ3v) is 4.89. The minimum Gasteiger partial charge on any atom is -0.310 e. The van der Waals surface area contributed by atoms with Gasteiger partial charge in [0.25, 0.3) is 0 Å². The number of likely N-dealkylation sites (N-methyl/N-ethyl adjacent to an activating group) is 1. The van der Waals surface area contributed by atoms with Crippen molar-refractivity contribution in [1.82, 2.24) is 5.32 Å². The summed E-state index contributed by atoms with van der Waals surface area (Å²) in [6.07, 6.45) is 3.51. The zero-order valence-corrected chi connectivity index (χ0v) is 10.9. The Hall–Kier alpha value is -1.12. The quantitative estimate of drug-likeness (QED) is 0.853. The van der Waals surface area contributed by atoms with Gasteiger partial charge in [0.15, 0.2) is 0 Å². The molecule has 0 fully saturated rings. The van der Waals surface area contributed by atoms with E-state index in [1.54, 1.807) is 10.4 Å². The van der Waals surface area contributed by atoms with Gasteiger partial charge in [0.1, 0.15) is 0 Å². The lowest BCUT2D eigenvalue weighted by atomic mass is 9.77. The smallest absolute Gasteiger partial charge is 0.0484 e. The normalized spacial score (nSPS) is 23.4. The van der Waals surface area contributed by atoms with Crippen molar-refractivity contribution in [3.63, 3.8) is 0 Å². The van der Waals surface area contributed by atoms with Crippen molar-refractivity contribution in [3.8, 4) is 0 Å². The number of nitrogens with one attached hydrogen (secondary N) is 1. The van der Waals surface area contributed by atoms with Crippen LogP contribution < -0.4 is 5.32 Å². The third kappa shape index (κ3) is 1.81. The van der Waals surface area contributed by atoms with Crippen LogP contribution >= 0.6 is 11.3 Å². The molecule has 2 heteroatoms. The van der Waals surface area contributed by atoms with Crippen LogP contribution in [0.2, 0.25) is 0 Å². The highest BCUT2D eigenvalue weighted by molar-refractivity contribution is 7.10. The monoisotopic (exact) mass is 243 g/mol. The second kappa shape index (κ2) is 4.28. The molecule has 0 radical (unpaired) electrons. The van der Waals surface area contributed by atoms with E-state index in [2.05, 4.69) is 54.1 Å². The predicted molar refractivity (Wildman–Crippen MR) is 73.5 cm³/mol. The van der Waals surface area contributed by atoms with E-state index in [0.29, 0.717) is 0 Å². The SMILES string of the molecule is CNC1(c2ccccc2)CCc2ccsc2C1. The van der Waals surface area contributed by atoms with Crippen molar-refractivity contribution in [2.24, 2.45) is 0 Å². The van der Waals surface area contributed by atoms with Gasteiger partial charge in [0.2, 0.25) is 0 Å². The standard InChI is InChI=1S/C15H17NS/c1-16-15(13-5-3-2-4-6-13)9-7-12-8-10-17-14(12)11-15/h2-6,8,10,16H,7,9,11H2,1H3. The summed E-state index contributed by atoms with van der Waals surface area (Å²) in [4.78, 5) is 1.55. The largest absolute Gasteiger partial charge is 0.310 e. The number of hydrogen-bond donors (Lipinski definition) is 1. The molecule has 0 bridgehead atoms. The Balaban J connectivity index is 2.01. The second-order valence-corrected chi connectivity index (χ2v) is 5.74. The van der Waals surface area contributed by atoms with Crippen LogP contribution in [0, 0.1) is 0 Å². The first-order valence-corrected chi connectivity index (χ1v) is 7.02. The van der Waals surface area contributed by atoms with E-state index in [9.17, 15) is 0 Å². The summed E-state index contributed by atoms with van der Waals surface area (Å²) in [5, 5.41) is 5.79. The van der Waals surface area contributed by atoms with Crippen molar-refractivity contribution >= 4 is 11.3 Å². The molecule has 0 saturated heterocycles. The van der Waals surface area contributed by atoms with Crippen molar-refractivity contribution in [2.75, 3.05) is 7.05 Å². The van der Waals surface area contributed by atoms with Gasteiger partial charge in [0, 0.05) is 16.8 Å². The molecule has 88 valence electrons. The van der Waals surface area contributed by atoms with Gasteiger partial charge in [-0.3, -0.25) is 0 Å². The maximum atomic E-state index is 3.57. The van der Waals surface area contributed by atoms with E-state index in [-0.39, 0.29) is 5.54 Å². The number of aryl methyl sites for hydroxylation is 1. The number of thiophene rings is 1. The van der Waals surface area contributed by atoms with Crippen LogP contribution in [0.15, 0.2) is 41.8 Å². The molecule has 1 aromatic carbocycles. The van der Waals surface area contributed by atoms with E-state index >= 15 is 0 Å². The van der Waals surface area contributed by atoms with E-state index in [0.717, 1.165) is 6.42 Å². The average molecular weight is 243 g/mol. The summed E-state index contributed by atoms with van der Waals surface area (Å²) in [5.41, 5.74) is 3.11. The second-order valence-electron chi connectivity index (χ2n) is 4.74. The van der Waals surface area contributed by atoms with Gasteiger partial charge >= 0.3 is 0 Å². The lowest BCUT2D eigenvalue weighted by Gasteiger charge is -2.37. The molecule has 0 spiro atoms. The molecule has 1 unspecified atom stereocenters. The van der Waals surface area contributed by atoms with Gasteiger partial charge in [0.05, 0.1) is 0 Å². The summed E-state index contributed by atoms with van der Waals surface area (Å²) < 4.78 is 0. The first kappa shape index (κ1) is 11.0. The Morgan fingerprint density at radius 1 is 1.18 bits per heavy atom. The lowest BCUT2D eigenvalue weighted by molar-refractivity contribution is 0.318. The summed E-state index contributed by atoms with van der Waals surface area (Å²) in [7, 11) is 2.09. The van der Waals surface area contributed by atoms with Crippen LogP contribution in [0.25, 0.3) is 0 Å². The van der Waals surface area contributed by atoms with Crippen LogP contribution in [-0.4, -0.2) is 7.05 Å². The minimum absolute atomic E-state index is 0.138. The Bertz CT molecular complexity index is 503. The molecule has 17 heavy (non-hydrogen) atoms. The van der Waals surface area contributed by atoms with E-state index in [4.69, 9.17) is 0 Å². The van der Waals surface area contributed by atoms with Gasteiger partial charge in [-0.15, -0.1) is 11.3 Å². The number of fused-ring (bicyclic) bond motifs is 1. The van der Waals surface area contributed by atoms with Gasteiger partial charge in [-0.05, 0) is 42.5 Å². The molecular formula is C15H17NS. The molecule has 1 nitrogen and oxygen atoms in total. The molecule has 3 rings (SSSR count). The van der Waals surface area contributed by atoms with E-state index < -0.39 is 0 Å². The lowest BCUT2D eigenvalue weighted by Crippen LogP contribution is -2.44. The zero-order valence-electron chi connectivity index (χ0n) is 10.1. The van der Waals surface area contributed by atoms with Crippen LogP contribution in [0.5, 0.6) is 0 Å². The number of benzene rings is 1. The van der Waals surface area contributed by atoms with Gasteiger partial charge in [-0.2, -0.15) is 0 Å². The highest BCUT2D eigenvalue weighted by Crippen LogP contribution is 2.38. The first-order valence-electron chi connectivity index (χ1n) is 6.14. The van der Waals surface area contributed by atoms with Crippen LogP contribution in [0.1, 0.15) is 22.4 Å². The third-order valence-electron chi connectivity index (χ3n) is 3.93. The molecule has 0 aliphatic heterocycles. The van der Waals surface area contributed by atoms with Crippen LogP contribution in [0.4, 0.5) is 0 Å². The molecule has 2 aromatic rings. The topological polar surface area (TPSA) is 12.0 Å². The van der Waals surface area contributed by atoms with E-state index in [1.807, 2.05) is 11.3 Å². The Labute approximate surface area is 106 Å². The van der Waals surface area contributed by atoms with Crippen LogP contribution in [0.3, 0.4) is 0 Å². The van der Waals surface area contributed by atoms with Crippen molar-refractivity contribution < 1.29 is 0 Å². The highest BCUT2D eigenvalue weighted by atomic mass is 32.1. The van der Waals surface area contributed by atoms with Gasteiger partial charge in [-0.1, -0.05) is 30.3 Å². The van der Waals surface area contributed by atoms with Crippen molar-refractivity contribution in [2.45, 2.75) is 24.8 Å². The fraction of sp³-hybridized carbons (Fsp3) is 0.333. The molecule has 1 aliphatic rings. The number of hydrogen-bond acceptors (Lipinski definition) is 2. The highest BCUT2D eigenvalue weighted by Gasteiger charge is 2.34. The van der Waals surface area contributed by atoms with Crippen LogP contribution in [-0.2, 0) is 18.4 Å². The Morgan fingerprint density at radius 3 is 2.76 bits per heavy atom. The maximum absolute atomic E-state index is 3.57. The summed E-state index contributed by atoms with van der Waals surface area (Å²) in [5.74, 6) is 0. The summed E-state index contributed by atoms with van der Waals surface area (Å²) >= 11 is 1.90. The Morgan fingerprint density at radius 2 is 2.00 bits per heavy atom. The first-order chi connectivity index (χ1) is 8.34. The zero-order chi connectivity index (χ0) is 11.7. The summed E-state index contributed by atoms with van der Waals surface area (Å²) in [6, 6.07) is 13.1. The molecular weight excluding hydrogens is 226 g/mol. The van der Waals surface area contributed by atoms with Crippen molar-refractivity contribution in [1.29, 1.82) is 0 Å². The van der Waals surface area contributed by atoms with Gasteiger partial charge in [-0.25, -0.2) is 0 Å².